The Morgan fingerprint density at radius 2 is 2.00 bits per heavy atom. The summed E-state index contributed by atoms with van der Waals surface area (Å²) >= 11 is 0. The Morgan fingerprint density at radius 1 is 1.14 bits per heavy atom. The van der Waals surface area contributed by atoms with Gasteiger partial charge in [0.15, 0.2) is 0 Å². The van der Waals surface area contributed by atoms with Crippen LogP contribution in [0.3, 0.4) is 0 Å². The molecule has 5 nitrogen and oxygen atoms in total. The number of nitrogens with zero attached hydrogens (tertiary/aromatic N) is 3. The highest BCUT2D eigenvalue weighted by atomic mass is 16.5. The highest BCUT2D eigenvalue weighted by Crippen LogP contribution is 2.35. The molecule has 0 bridgehead atoms. The molecule has 3 heterocycles. The normalized spacial score (nSPS) is 19.0. The first kappa shape index (κ1) is 17.3. The van der Waals surface area contributed by atoms with Crippen molar-refractivity contribution in [2.24, 2.45) is 11.8 Å². The maximum Gasteiger partial charge on any atom is 0.222 e. The van der Waals surface area contributed by atoms with Gasteiger partial charge in [0.25, 0.3) is 0 Å². The first-order chi connectivity index (χ1) is 13.8. The van der Waals surface area contributed by atoms with E-state index in [-0.39, 0.29) is 0 Å². The molecule has 1 aliphatic heterocycles. The van der Waals surface area contributed by atoms with E-state index in [0.717, 1.165) is 48.4 Å². The standard InChI is InChI=1S/C23H24N4O/c24-12-16-3-5-19(6-4-16)20-11-22-21(26-23(20)28-15-17-1-2-17)8-10-27(22)14-18-7-9-25-13-18/h3-6,8,10-11,17-18,25H,1-2,7,9,13-15H2. The molecule has 5 rings (SSSR count). The zero-order chi connectivity index (χ0) is 18.9. The van der Waals surface area contributed by atoms with Crippen LogP contribution in [0.5, 0.6) is 5.88 Å². The number of nitrogens with one attached hydrogen (secondary N) is 1. The fraction of sp³-hybridized carbons (Fsp3) is 0.391. The highest BCUT2D eigenvalue weighted by Gasteiger charge is 2.23. The Kier molecular flexibility index (Phi) is 4.50. The molecule has 1 unspecified atom stereocenters. The smallest absolute Gasteiger partial charge is 0.222 e. The lowest BCUT2D eigenvalue weighted by Crippen LogP contribution is -2.14. The van der Waals surface area contributed by atoms with E-state index in [0.29, 0.717) is 23.3 Å². The van der Waals surface area contributed by atoms with Gasteiger partial charge in [0.05, 0.1) is 29.3 Å². The molecular formula is C23H24N4O. The van der Waals surface area contributed by atoms with Gasteiger partial charge >= 0.3 is 0 Å². The molecule has 1 saturated carbocycles. The number of nitriles is 1. The van der Waals surface area contributed by atoms with Crippen molar-refractivity contribution in [3.8, 4) is 23.1 Å². The number of rotatable bonds is 6. The van der Waals surface area contributed by atoms with Crippen LogP contribution >= 0.6 is 0 Å². The van der Waals surface area contributed by atoms with Crippen LogP contribution in [0.2, 0.25) is 0 Å². The van der Waals surface area contributed by atoms with E-state index in [1.165, 1.54) is 19.3 Å². The van der Waals surface area contributed by atoms with Gasteiger partial charge in [0.1, 0.15) is 0 Å². The van der Waals surface area contributed by atoms with Crippen molar-refractivity contribution in [3.63, 3.8) is 0 Å². The number of hydrogen-bond acceptors (Lipinski definition) is 4. The van der Waals surface area contributed by atoms with Crippen LogP contribution in [0.1, 0.15) is 24.8 Å². The predicted octanol–water partition coefficient (Wildman–Crippen LogP) is 3.97. The van der Waals surface area contributed by atoms with Crippen molar-refractivity contribution in [1.82, 2.24) is 14.9 Å². The number of fused-ring (bicyclic) bond motifs is 1. The van der Waals surface area contributed by atoms with Gasteiger partial charge in [-0.2, -0.15) is 5.26 Å². The van der Waals surface area contributed by atoms with E-state index < -0.39 is 0 Å². The minimum atomic E-state index is 0.662. The maximum atomic E-state index is 9.10. The second-order valence-corrected chi connectivity index (χ2v) is 8.02. The van der Waals surface area contributed by atoms with Gasteiger partial charge in [0.2, 0.25) is 5.88 Å². The van der Waals surface area contributed by atoms with Crippen LogP contribution in [0.4, 0.5) is 0 Å². The highest BCUT2D eigenvalue weighted by molar-refractivity contribution is 5.84. The molecule has 28 heavy (non-hydrogen) atoms. The molecule has 5 heteroatoms. The molecule has 1 aliphatic carbocycles. The lowest BCUT2D eigenvalue weighted by molar-refractivity contribution is 0.291. The Balaban J connectivity index is 1.54. The largest absolute Gasteiger partial charge is 0.477 e. The summed E-state index contributed by atoms with van der Waals surface area (Å²) in [5, 5.41) is 12.5. The summed E-state index contributed by atoms with van der Waals surface area (Å²) in [6.07, 6.45) is 5.86. The molecule has 1 N–H and O–H groups in total. The Morgan fingerprint density at radius 3 is 2.71 bits per heavy atom. The minimum absolute atomic E-state index is 0.662. The van der Waals surface area contributed by atoms with Crippen molar-refractivity contribution >= 4 is 11.0 Å². The third-order valence-corrected chi connectivity index (χ3v) is 5.81. The Bertz CT molecular complexity index is 1020. The van der Waals surface area contributed by atoms with Crippen LogP contribution in [-0.2, 0) is 6.54 Å². The summed E-state index contributed by atoms with van der Waals surface area (Å²) in [5.41, 5.74) is 4.83. The number of pyridine rings is 1. The molecule has 142 valence electrons. The summed E-state index contributed by atoms with van der Waals surface area (Å²) < 4.78 is 8.44. The van der Waals surface area contributed by atoms with Crippen molar-refractivity contribution in [2.45, 2.75) is 25.8 Å². The number of aromatic nitrogens is 2. The van der Waals surface area contributed by atoms with E-state index in [1.807, 2.05) is 24.3 Å². The molecule has 2 fully saturated rings. The van der Waals surface area contributed by atoms with Crippen molar-refractivity contribution in [3.05, 3.63) is 48.2 Å². The van der Waals surface area contributed by atoms with Gasteiger partial charge in [-0.25, -0.2) is 4.98 Å². The SMILES string of the molecule is N#Cc1ccc(-c2cc3c(ccn3CC3CCNC3)nc2OCC2CC2)cc1. The third-order valence-electron chi connectivity index (χ3n) is 5.81. The summed E-state index contributed by atoms with van der Waals surface area (Å²) in [6.45, 7) is 3.93. The van der Waals surface area contributed by atoms with E-state index >= 15 is 0 Å². The van der Waals surface area contributed by atoms with Gasteiger partial charge in [-0.15, -0.1) is 0 Å². The maximum absolute atomic E-state index is 9.10. The molecule has 2 aliphatic rings. The fourth-order valence-corrected chi connectivity index (χ4v) is 3.92. The second-order valence-electron chi connectivity index (χ2n) is 8.02. The average molecular weight is 372 g/mol. The number of ether oxygens (including phenoxy) is 1. The van der Waals surface area contributed by atoms with E-state index in [4.69, 9.17) is 15.0 Å². The van der Waals surface area contributed by atoms with Crippen LogP contribution in [0, 0.1) is 23.2 Å². The summed E-state index contributed by atoms with van der Waals surface area (Å²) in [4.78, 5) is 4.87. The van der Waals surface area contributed by atoms with Gasteiger partial charge < -0.3 is 14.6 Å². The van der Waals surface area contributed by atoms with E-state index in [9.17, 15) is 0 Å². The van der Waals surface area contributed by atoms with Gasteiger partial charge in [0, 0.05) is 18.3 Å². The molecule has 0 amide bonds. The first-order valence-electron chi connectivity index (χ1n) is 10.1. The van der Waals surface area contributed by atoms with Gasteiger partial charge in [-0.3, -0.25) is 0 Å². The van der Waals surface area contributed by atoms with Crippen molar-refractivity contribution in [1.29, 1.82) is 5.26 Å². The summed E-state index contributed by atoms with van der Waals surface area (Å²) in [5.74, 6) is 2.04. The number of hydrogen-bond donors (Lipinski definition) is 1. The minimum Gasteiger partial charge on any atom is -0.477 e. The van der Waals surface area contributed by atoms with Crippen LogP contribution in [-0.4, -0.2) is 29.2 Å². The average Bonchev–Trinajstić information content (AvgIpc) is 3.27. The van der Waals surface area contributed by atoms with Crippen molar-refractivity contribution in [2.75, 3.05) is 19.7 Å². The van der Waals surface area contributed by atoms with Gasteiger partial charge in [-0.05, 0) is 74.0 Å². The molecule has 0 radical (unpaired) electrons. The Labute approximate surface area is 165 Å². The molecule has 1 aromatic carbocycles. The molecule has 0 spiro atoms. The first-order valence-corrected chi connectivity index (χ1v) is 10.1. The molecule has 1 saturated heterocycles. The zero-order valence-electron chi connectivity index (χ0n) is 15.9. The molecule has 3 aromatic rings. The van der Waals surface area contributed by atoms with E-state index in [2.05, 4.69) is 34.3 Å². The van der Waals surface area contributed by atoms with Crippen molar-refractivity contribution < 1.29 is 4.74 Å². The molecule has 1 atom stereocenters. The zero-order valence-corrected chi connectivity index (χ0v) is 15.9. The van der Waals surface area contributed by atoms with Crippen LogP contribution in [0.25, 0.3) is 22.2 Å². The topological polar surface area (TPSA) is 62.9 Å². The Hall–Kier alpha value is -2.84. The van der Waals surface area contributed by atoms with Gasteiger partial charge in [-0.1, -0.05) is 12.1 Å². The second kappa shape index (κ2) is 7.29. The van der Waals surface area contributed by atoms with E-state index in [1.54, 1.807) is 0 Å². The van der Waals surface area contributed by atoms with Crippen LogP contribution in [0.15, 0.2) is 42.6 Å². The lowest BCUT2D eigenvalue weighted by atomic mass is 10.0. The number of benzene rings is 1. The lowest BCUT2D eigenvalue weighted by Gasteiger charge is -2.14. The molecular weight excluding hydrogens is 348 g/mol. The quantitative estimate of drug-likeness (QED) is 0.711. The summed E-state index contributed by atoms with van der Waals surface area (Å²) in [6, 6.07) is 14.2. The summed E-state index contributed by atoms with van der Waals surface area (Å²) in [7, 11) is 0. The van der Waals surface area contributed by atoms with Crippen LogP contribution < -0.4 is 10.1 Å². The monoisotopic (exact) mass is 372 g/mol. The molecule has 2 aromatic heterocycles. The predicted molar refractivity (Wildman–Crippen MR) is 109 cm³/mol. The third kappa shape index (κ3) is 3.48. The fourth-order valence-electron chi connectivity index (χ4n) is 3.92.